The zero-order valence-corrected chi connectivity index (χ0v) is 12.2. The highest BCUT2D eigenvalue weighted by Gasteiger charge is 2.43. The van der Waals surface area contributed by atoms with Crippen molar-refractivity contribution in [3.05, 3.63) is 53.0 Å². The first kappa shape index (κ1) is 13.1. The van der Waals surface area contributed by atoms with E-state index >= 15 is 0 Å². The van der Waals surface area contributed by atoms with Crippen LogP contribution in [0.4, 0.5) is 5.82 Å². The van der Waals surface area contributed by atoms with Crippen molar-refractivity contribution >= 4 is 5.82 Å². The van der Waals surface area contributed by atoms with Crippen LogP contribution in [0, 0.1) is 6.92 Å². The molecule has 1 aromatic heterocycles. The largest absolute Gasteiger partial charge is 0.383 e. The van der Waals surface area contributed by atoms with Gasteiger partial charge in [-0.15, -0.1) is 0 Å². The molecule has 1 aliphatic rings. The van der Waals surface area contributed by atoms with Crippen LogP contribution in [0.25, 0.3) is 0 Å². The molecule has 1 aromatic carbocycles. The number of hydrogen-bond acceptors (Lipinski definition) is 3. The summed E-state index contributed by atoms with van der Waals surface area (Å²) in [4.78, 5) is 9.43. The second-order valence-electron chi connectivity index (χ2n) is 5.65. The van der Waals surface area contributed by atoms with E-state index in [0.717, 1.165) is 36.3 Å². The summed E-state index contributed by atoms with van der Waals surface area (Å²) in [6.07, 6.45) is 4.34. The number of rotatable bonds is 3. The van der Waals surface area contributed by atoms with Crippen LogP contribution in [0.2, 0.25) is 0 Å². The molecule has 20 heavy (non-hydrogen) atoms. The van der Waals surface area contributed by atoms with Crippen molar-refractivity contribution in [1.29, 1.82) is 0 Å². The van der Waals surface area contributed by atoms with Crippen molar-refractivity contribution < 1.29 is 0 Å². The maximum atomic E-state index is 6.14. The molecule has 3 heteroatoms. The van der Waals surface area contributed by atoms with Gasteiger partial charge in [0.2, 0.25) is 0 Å². The summed E-state index contributed by atoms with van der Waals surface area (Å²) in [7, 11) is 0. The topological polar surface area (TPSA) is 51.8 Å². The van der Waals surface area contributed by atoms with Gasteiger partial charge in [0.1, 0.15) is 11.6 Å². The van der Waals surface area contributed by atoms with Crippen LogP contribution >= 0.6 is 0 Å². The summed E-state index contributed by atoms with van der Waals surface area (Å²) >= 11 is 0. The molecule has 0 amide bonds. The van der Waals surface area contributed by atoms with E-state index in [1.54, 1.807) is 0 Å². The van der Waals surface area contributed by atoms with Crippen LogP contribution < -0.4 is 5.73 Å². The second-order valence-corrected chi connectivity index (χ2v) is 5.65. The number of hydrogen-bond donors (Lipinski definition) is 1. The first-order valence-corrected chi connectivity index (χ1v) is 7.36. The Morgan fingerprint density at radius 1 is 1.15 bits per heavy atom. The molecule has 2 aromatic rings. The van der Waals surface area contributed by atoms with E-state index in [9.17, 15) is 0 Å². The van der Waals surface area contributed by atoms with Crippen LogP contribution in [-0.2, 0) is 11.8 Å². The molecule has 1 saturated carbocycles. The van der Waals surface area contributed by atoms with Crippen LogP contribution in [0.15, 0.2) is 30.3 Å². The normalized spacial score (nSPS) is 16.7. The van der Waals surface area contributed by atoms with E-state index < -0.39 is 0 Å². The molecule has 104 valence electrons. The highest BCUT2D eigenvalue weighted by molar-refractivity contribution is 5.45. The third-order valence-corrected chi connectivity index (χ3v) is 4.56. The van der Waals surface area contributed by atoms with E-state index in [-0.39, 0.29) is 5.41 Å². The Hall–Kier alpha value is -1.90. The molecular weight excluding hydrogens is 246 g/mol. The number of benzene rings is 1. The van der Waals surface area contributed by atoms with Gasteiger partial charge in [0.05, 0.1) is 5.41 Å². The Bertz CT molecular complexity index is 592. The first-order chi connectivity index (χ1) is 9.67. The fourth-order valence-corrected chi connectivity index (χ4v) is 3.20. The summed E-state index contributed by atoms with van der Waals surface area (Å²) in [6.45, 7) is 4.13. The highest BCUT2D eigenvalue weighted by Crippen LogP contribution is 2.47. The fourth-order valence-electron chi connectivity index (χ4n) is 3.20. The number of anilines is 1. The number of nitrogens with two attached hydrogens (primary N) is 1. The molecule has 0 unspecified atom stereocenters. The Kier molecular flexibility index (Phi) is 3.20. The zero-order valence-electron chi connectivity index (χ0n) is 12.2. The monoisotopic (exact) mass is 267 g/mol. The fraction of sp³-hybridized carbons (Fsp3) is 0.412. The molecular formula is C17H21N3. The Labute approximate surface area is 120 Å². The summed E-state index contributed by atoms with van der Waals surface area (Å²) in [5.41, 5.74) is 9.53. The molecule has 0 radical (unpaired) electrons. The number of nitrogens with zero attached hydrogens (tertiary/aromatic N) is 2. The lowest BCUT2D eigenvalue weighted by Gasteiger charge is -2.41. The predicted octanol–water partition coefficient (Wildman–Crippen LogP) is 3.40. The van der Waals surface area contributed by atoms with Gasteiger partial charge < -0.3 is 5.73 Å². The summed E-state index contributed by atoms with van der Waals surface area (Å²) in [5, 5.41) is 0. The van der Waals surface area contributed by atoms with Crippen LogP contribution in [0.5, 0.6) is 0 Å². The summed E-state index contributed by atoms with van der Waals surface area (Å²) in [6, 6.07) is 10.6. The quantitative estimate of drug-likeness (QED) is 0.927. The maximum absolute atomic E-state index is 6.14. The second kappa shape index (κ2) is 4.89. The van der Waals surface area contributed by atoms with E-state index in [0.29, 0.717) is 5.82 Å². The van der Waals surface area contributed by atoms with Gasteiger partial charge in [0.25, 0.3) is 0 Å². The molecule has 0 atom stereocenters. The zero-order chi connectivity index (χ0) is 14.2. The third-order valence-electron chi connectivity index (χ3n) is 4.56. The lowest BCUT2D eigenvalue weighted by Crippen LogP contribution is -2.38. The molecule has 1 fully saturated rings. The average Bonchev–Trinajstić information content (AvgIpc) is 2.38. The molecule has 2 N–H and O–H groups in total. The minimum absolute atomic E-state index is 0.0214. The van der Waals surface area contributed by atoms with Gasteiger partial charge in [-0.3, -0.25) is 0 Å². The van der Waals surface area contributed by atoms with Crippen molar-refractivity contribution in [1.82, 2.24) is 9.97 Å². The van der Waals surface area contributed by atoms with Gasteiger partial charge >= 0.3 is 0 Å². The van der Waals surface area contributed by atoms with Crippen molar-refractivity contribution in [3.63, 3.8) is 0 Å². The lowest BCUT2D eigenvalue weighted by atomic mass is 9.64. The Balaban J connectivity index is 2.11. The van der Waals surface area contributed by atoms with Gasteiger partial charge in [-0.1, -0.05) is 43.7 Å². The minimum atomic E-state index is -0.0214. The van der Waals surface area contributed by atoms with Crippen LogP contribution in [0.3, 0.4) is 0 Å². The van der Waals surface area contributed by atoms with Gasteiger partial charge in [-0.25, -0.2) is 9.97 Å². The lowest BCUT2D eigenvalue weighted by molar-refractivity contribution is 0.285. The molecule has 1 heterocycles. The standard InChI is InChI=1S/C17H21N3/c1-3-14-12(2)19-16(20-15(14)18)17(10-7-11-17)13-8-5-4-6-9-13/h4-6,8-9H,3,7,10-11H2,1-2H3,(H2,18,19,20). The van der Waals surface area contributed by atoms with Crippen molar-refractivity contribution in [2.75, 3.05) is 5.73 Å². The molecule has 0 bridgehead atoms. The highest BCUT2D eigenvalue weighted by atomic mass is 15.0. The third kappa shape index (κ3) is 1.89. The molecule has 0 aliphatic heterocycles. The molecule has 3 nitrogen and oxygen atoms in total. The Morgan fingerprint density at radius 3 is 2.35 bits per heavy atom. The van der Waals surface area contributed by atoms with Crippen molar-refractivity contribution in [3.8, 4) is 0 Å². The minimum Gasteiger partial charge on any atom is -0.383 e. The number of nitrogen functional groups attached to an aromatic ring is 1. The Morgan fingerprint density at radius 2 is 1.85 bits per heavy atom. The predicted molar refractivity (Wildman–Crippen MR) is 81.6 cm³/mol. The van der Waals surface area contributed by atoms with E-state index in [1.807, 2.05) is 6.92 Å². The molecule has 1 aliphatic carbocycles. The number of aromatic nitrogens is 2. The molecule has 3 rings (SSSR count). The average molecular weight is 267 g/mol. The number of aryl methyl sites for hydroxylation is 1. The van der Waals surface area contributed by atoms with Crippen molar-refractivity contribution in [2.45, 2.75) is 44.9 Å². The van der Waals surface area contributed by atoms with E-state index in [1.165, 1.54) is 12.0 Å². The van der Waals surface area contributed by atoms with Gasteiger partial charge in [-0.2, -0.15) is 0 Å². The molecule has 0 spiro atoms. The van der Waals surface area contributed by atoms with Gasteiger partial charge in [0.15, 0.2) is 0 Å². The van der Waals surface area contributed by atoms with Gasteiger partial charge in [0, 0.05) is 11.3 Å². The molecule has 0 saturated heterocycles. The first-order valence-electron chi connectivity index (χ1n) is 7.36. The maximum Gasteiger partial charge on any atom is 0.141 e. The summed E-state index contributed by atoms with van der Waals surface area (Å²) < 4.78 is 0. The van der Waals surface area contributed by atoms with E-state index in [2.05, 4.69) is 42.2 Å². The van der Waals surface area contributed by atoms with Crippen molar-refractivity contribution in [2.24, 2.45) is 0 Å². The summed E-state index contributed by atoms with van der Waals surface area (Å²) in [5.74, 6) is 1.55. The van der Waals surface area contributed by atoms with E-state index in [4.69, 9.17) is 10.7 Å². The van der Waals surface area contributed by atoms with Crippen LogP contribution in [0.1, 0.15) is 48.8 Å². The smallest absolute Gasteiger partial charge is 0.141 e. The van der Waals surface area contributed by atoms with Crippen LogP contribution in [-0.4, -0.2) is 9.97 Å². The van der Waals surface area contributed by atoms with Gasteiger partial charge in [-0.05, 0) is 31.7 Å². The SMILES string of the molecule is CCc1c(C)nc(C2(c3ccccc3)CCC2)nc1N.